The molecule has 0 radical (unpaired) electrons. The maximum atomic E-state index is 5.79. The van der Waals surface area contributed by atoms with E-state index in [-0.39, 0.29) is 12.1 Å². The molecule has 6 heteroatoms. The number of ether oxygens (including phenoxy) is 2. The highest BCUT2D eigenvalue weighted by Crippen LogP contribution is 2.41. The second-order valence-corrected chi connectivity index (χ2v) is 4.05. The van der Waals surface area contributed by atoms with Crippen molar-refractivity contribution in [2.24, 2.45) is 11.7 Å². The van der Waals surface area contributed by atoms with Crippen LogP contribution >= 0.6 is 0 Å². The van der Waals surface area contributed by atoms with Crippen LogP contribution in [0.25, 0.3) is 0 Å². The molecule has 1 aliphatic carbocycles. The minimum atomic E-state index is -0.372. The number of hydrogen-bond acceptors (Lipinski definition) is 6. The Kier molecular flexibility index (Phi) is 3.52. The van der Waals surface area contributed by atoms with Gasteiger partial charge in [0.25, 0.3) is 0 Å². The predicted molar refractivity (Wildman–Crippen MR) is 55.6 cm³/mol. The molecule has 2 unspecified atom stereocenters. The summed E-state index contributed by atoms with van der Waals surface area (Å²) < 4.78 is 15.4. The van der Waals surface area contributed by atoms with Crippen molar-refractivity contribution in [3.63, 3.8) is 0 Å². The highest BCUT2D eigenvalue weighted by molar-refractivity contribution is 5.00. The lowest BCUT2D eigenvalue weighted by molar-refractivity contribution is 0.0751. The van der Waals surface area contributed by atoms with Gasteiger partial charge in [0.1, 0.15) is 12.1 Å². The van der Waals surface area contributed by atoms with Crippen molar-refractivity contribution in [3.8, 4) is 0 Å². The first kappa shape index (κ1) is 11.5. The van der Waals surface area contributed by atoms with Crippen molar-refractivity contribution in [1.29, 1.82) is 0 Å². The Morgan fingerprint density at radius 2 is 2.25 bits per heavy atom. The summed E-state index contributed by atoms with van der Waals surface area (Å²) in [6.07, 6.45) is 2.26. The van der Waals surface area contributed by atoms with Gasteiger partial charge in [-0.2, -0.15) is 4.98 Å². The zero-order chi connectivity index (χ0) is 11.5. The molecule has 2 N–H and O–H groups in total. The molecule has 1 aliphatic rings. The lowest BCUT2D eigenvalue weighted by atomic mass is 10.2. The van der Waals surface area contributed by atoms with E-state index in [9.17, 15) is 0 Å². The summed E-state index contributed by atoms with van der Waals surface area (Å²) >= 11 is 0. The fourth-order valence-corrected chi connectivity index (χ4v) is 1.67. The third kappa shape index (κ3) is 2.40. The molecule has 0 saturated heterocycles. The van der Waals surface area contributed by atoms with Gasteiger partial charge in [0.2, 0.25) is 11.7 Å². The maximum absolute atomic E-state index is 5.79. The minimum absolute atomic E-state index is 0.0627. The van der Waals surface area contributed by atoms with Crippen molar-refractivity contribution in [3.05, 3.63) is 11.7 Å². The Morgan fingerprint density at radius 1 is 1.50 bits per heavy atom. The molecule has 2 rings (SSSR count). The van der Waals surface area contributed by atoms with Crippen LogP contribution in [0, 0.1) is 5.92 Å². The van der Waals surface area contributed by atoms with Gasteiger partial charge in [-0.25, -0.2) is 0 Å². The van der Waals surface area contributed by atoms with E-state index in [0.717, 1.165) is 12.8 Å². The van der Waals surface area contributed by atoms with Gasteiger partial charge in [-0.3, -0.25) is 0 Å². The van der Waals surface area contributed by atoms with E-state index in [0.29, 0.717) is 24.2 Å². The Balaban J connectivity index is 2.05. The molecule has 1 heterocycles. The highest BCUT2D eigenvalue weighted by atomic mass is 16.5. The number of rotatable bonds is 6. The minimum Gasteiger partial charge on any atom is -0.383 e. The summed E-state index contributed by atoms with van der Waals surface area (Å²) in [4.78, 5) is 4.25. The summed E-state index contributed by atoms with van der Waals surface area (Å²) in [5.41, 5.74) is 5.79. The van der Waals surface area contributed by atoms with Gasteiger partial charge in [-0.1, -0.05) is 5.16 Å². The molecule has 0 aromatic carbocycles. The Hall–Kier alpha value is -0.980. The molecular formula is C10H17N3O3. The number of aromatic nitrogens is 2. The van der Waals surface area contributed by atoms with Crippen molar-refractivity contribution in [1.82, 2.24) is 10.1 Å². The van der Waals surface area contributed by atoms with Crippen LogP contribution in [0.3, 0.4) is 0 Å². The lowest BCUT2D eigenvalue weighted by Crippen LogP contribution is -2.16. The summed E-state index contributed by atoms with van der Waals surface area (Å²) in [7, 11) is 3.24. The average molecular weight is 227 g/mol. The van der Waals surface area contributed by atoms with Crippen molar-refractivity contribution in [2.75, 3.05) is 20.8 Å². The molecule has 90 valence electrons. The molecule has 1 fully saturated rings. The van der Waals surface area contributed by atoms with Crippen molar-refractivity contribution in [2.45, 2.75) is 25.0 Å². The first-order valence-corrected chi connectivity index (χ1v) is 5.37. The second kappa shape index (κ2) is 4.90. The van der Waals surface area contributed by atoms with E-state index >= 15 is 0 Å². The molecule has 1 saturated carbocycles. The third-order valence-electron chi connectivity index (χ3n) is 2.68. The number of methoxy groups -OCH3 is 2. The van der Waals surface area contributed by atoms with Crippen molar-refractivity contribution < 1.29 is 14.0 Å². The standard InChI is InChI=1S/C10H17N3O3/c1-14-5-7(11)10-12-9(13-16-10)8(15-2)6-3-4-6/h6-8H,3-5,11H2,1-2H3. The zero-order valence-corrected chi connectivity index (χ0v) is 9.55. The smallest absolute Gasteiger partial charge is 0.246 e. The normalized spacial score (nSPS) is 19.7. The molecule has 2 atom stereocenters. The average Bonchev–Trinajstić information content (AvgIpc) is 2.97. The maximum Gasteiger partial charge on any atom is 0.246 e. The molecule has 16 heavy (non-hydrogen) atoms. The third-order valence-corrected chi connectivity index (χ3v) is 2.68. The molecule has 6 nitrogen and oxygen atoms in total. The molecule has 1 aromatic rings. The van der Waals surface area contributed by atoms with Crippen LogP contribution in [-0.4, -0.2) is 31.0 Å². The molecule has 0 aliphatic heterocycles. The first-order valence-electron chi connectivity index (χ1n) is 5.37. The Morgan fingerprint density at radius 3 is 2.81 bits per heavy atom. The van der Waals surface area contributed by atoms with Crippen LogP contribution in [-0.2, 0) is 9.47 Å². The first-order chi connectivity index (χ1) is 7.76. The SMILES string of the molecule is COCC(N)c1nc(C(OC)C2CC2)no1. The van der Waals surface area contributed by atoms with E-state index in [1.807, 2.05) is 0 Å². The lowest BCUT2D eigenvalue weighted by Gasteiger charge is -2.08. The van der Waals surface area contributed by atoms with E-state index in [4.69, 9.17) is 19.7 Å². The Bertz CT molecular complexity index is 338. The number of nitrogens with two attached hydrogens (primary N) is 1. The fourth-order valence-electron chi connectivity index (χ4n) is 1.67. The van der Waals surface area contributed by atoms with Gasteiger partial charge >= 0.3 is 0 Å². The quantitative estimate of drug-likeness (QED) is 0.774. The summed E-state index contributed by atoms with van der Waals surface area (Å²) in [5.74, 6) is 1.51. The van der Waals surface area contributed by atoms with Gasteiger partial charge in [0.05, 0.1) is 6.61 Å². The summed E-state index contributed by atoms with van der Waals surface area (Å²) in [6, 6.07) is -0.372. The van der Waals surface area contributed by atoms with Crippen LogP contribution in [0.2, 0.25) is 0 Å². The fraction of sp³-hybridized carbons (Fsp3) is 0.800. The monoisotopic (exact) mass is 227 g/mol. The summed E-state index contributed by atoms with van der Waals surface area (Å²) in [6.45, 7) is 0.364. The van der Waals surface area contributed by atoms with Crippen LogP contribution in [0.5, 0.6) is 0 Å². The van der Waals surface area contributed by atoms with Gasteiger partial charge in [-0.05, 0) is 18.8 Å². The predicted octanol–water partition coefficient (Wildman–Crippen LogP) is 0.813. The van der Waals surface area contributed by atoms with Gasteiger partial charge < -0.3 is 19.7 Å². The number of hydrogen-bond donors (Lipinski definition) is 1. The largest absolute Gasteiger partial charge is 0.383 e. The molecular weight excluding hydrogens is 210 g/mol. The van der Waals surface area contributed by atoms with Crippen LogP contribution < -0.4 is 5.73 Å². The van der Waals surface area contributed by atoms with E-state index in [1.54, 1.807) is 14.2 Å². The van der Waals surface area contributed by atoms with E-state index in [2.05, 4.69) is 10.1 Å². The van der Waals surface area contributed by atoms with Crippen LogP contribution in [0.1, 0.15) is 36.7 Å². The zero-order valence-electron chi connectivity index (χ0n) is 9.55. The topological polar surface area (TPSA) is 83.4 Å². The molecule has 0 amide bonds. The van der Waals surface area contributed by atoms with Crippen LogP contribution in [0.4, 0.5) is 0 Å². The summed E-state index contributed by atoms with van der Waals surface area (Å²) in [5, 5.41) is 3.91. The second-order valence-electron chi connectivity index (χ2n) is 4.05. The van der Waals surface area contributed by atoms with Gasteiger partial charge in [-0.15, -0.1) is 0 Å². The molecule has 0 spiro atoms. The van der Waals surface area contributed by atoms with Gasteiger partial charge in [0, 0.05) is 14.2 Å². The molecule has 1 aromatic heterocycles. The molecule has 0 bridgehead atoms. The Labute approximate surface area is 94.1 Å². The van der Waals surface area contributed by atoms with Crippen LogP contribution in [0.15, 0.2) is 4.52 Å². The van der Waals surface area contributed by atoms with E-state index in [1.165, 1.54) is 0 Å². The highest BCUT2D eigenvalue weighted by Gasteiger charge is 2.35. The van der Waals surface area contributed by atoms with Crippen molar-refractivity contribution >= 4 is 0 Å². The van der Waals surface area contributed by atoms with E-state index < -0.39 is 0 Å². The van der Waals surface area contributed by atoms with Gasteiger partial charge in [0.15, 0.2) is 0 Å². The number of nitrogens with zero attached hydrogens (tertiary/aromatic N) is 2.